The van der Waals surface area contributed by atoms with Crippen LogP contribution in [0.5, 0.6) is 5.75 Å². The Labute approximate surface area is 290 Å². The van der Waals surface area contributed by atoms with Crippen LogP contribution in [0.25, 0.3) is 0 Å². The molecule has 0 bridgehead atoms. The molecule has 2 atom stereocenters. The van der Waals surface area contributed by atoms with Crippen molar-refractivity contribution in [2.45, 2.75) is 25.8 Å². The molecule has 2 aliphatic rings. The van der Waals surface area contributed by atoms with Crippen molar-refractivity contribution in [2.24, 2.45) is 5.16 Å². The summed E-state index contributed by atoms with van der Waals surface area (Å²) in [6.45, 7) is 0. The smallest absolute Gasteiger partial charge is 0.543 e. The molecule has 22 heteroatoms. The molecule has 0 radical (unpaired) electrons. The Kier molecular flexibility index (Phi) is 11.3. The van der Waals surface area contributed by atoms with Gasteiger partial charge in [-0.2, -0.15) is 4.73 Å². The van der Waals surface area contributed by atoms with E-state index in [0.717, 1.165) is 28.5 Å². The molecule has 5 rings (SSSR count). The number of aromatic nitrogens is 4. The van der Waals surface area contributed by atoms with Gasteiger partial charge in [0.05, 0.1) is 23.6 Å². The normalized spacial score (nSPS) is 17.9. The number of amides is 2. The van der Waals surface area contributed by atoms with E-state index in [1.807, 2.05) is 0 Å². The number of hydrogen-bond acceptors (Lipinski definition) is 18. The first-order valence-corrected chi connectivity index (χ1v) is 16.5. The Balaban J connectivity index is 0.00000442. The fraction of sp³-hybridized carbons (Fsp3) is 0.273. The third kappa shape index (κ3) is 7.19. The monoisotopic (exact) mass is 706 g/mol. The summed E-state index contributed by atoms with van der Waals surface area (Å²) < 4.78 is 1.71. The van der Waals surface area contributed by atoms with Crippen LogP contribution in [-0.4, -0.2) is 88.7 Å². The Morgan fingerprint density at radius 2 is 1.98 bits per heavy atom. The van der Waals surface area contributed by atoms with E-state index in [9.17, 15) is 34.6 Å². The van der Waals surface area contributed by atoms with Crippen LogP contribution in [0.3, 0.4) is 0 Å². The van der Waals surface area contributed by atoms with Gasteiger partial charge in [-0.3, -0.25) is 19.3 Å². The number of nitrogens with zero attached hydrogens (tertiary/aromatic N) is 6. The van der Waals surface area contributed by atoms with Crippen LogP contribution in [0.2, 0.25) is 0 Å². The molecule has 0 unspecified atom stereocenters. The van der Waals surface area contributed by atoms with Crippen molar-refractivity contribution >= 4 is 86.6 Å². The molecular weight excluding hydrogens is 688 g/mol. The minimum absolute atomic E-state index is 0. The number of carboxylic acids is 1. The largest absolute Gasteiger partial charge is 1.00 e. The zero-order valence-electron chi connectivity index (χ0n) is 22.7. The molecule has 1 fully saturated rings. The Hall–Kier alpha value is -2.79. The van der Waals surface area contributed by atoms with Gasteiger partial charge < -0.3 is 36.1 Å². The number of nitrogens with two attached hydrogens (primary N) is 1. The van der Waals surface area contributed by atoms with Crippen molar-refractivity contribution in [3.05, 3.63) is 50.5 Å². The van der Waals surface area contributed by atoms with Crippen LogP contribution >= 0.6 is 58.0 Å². The number of carbonyl (C=O) groups excluding carboxylic acids is 3. The fourth-order valence-corrected chi connectivity index (χ4v) is 8.96. The van der Waals surface area contributed by atoms with E-state index >= 15 is 0 Å². The van der Waals surface area contributed by atoms with Gasteiger partial charge in [-0.05, 0) is 5.57 Å². The third-order valence-corrected chi connectivity index (χ3v) is 11.2. The molecule has 1 saturated heterocycles. The zero-order valence-corrected chi connectivity index (χ0v) is 28.7. The number of rotatable bonds is 11. The first kappa shape index (κ1) is 34.1. The van der Waals surface area contributed by atoms with Crippen molar-refractivity contribution < 1.29 is 64.2 Å². The number of nitrogen functional groups attached to an aromatic ring is 1. The number of fused-ring (bicyclic) bond motifs is 1. The Morgan fingerprint density at radius 1 is 1.27 bits per heavy atom. The number of thiazole rings is 1. The molecule has 0 spiro atoms. The molecule has 3 aromatic heterocycles. The van der Waals surface area contributed by atoms with Crippen molar-refractivity contribution in [3.63, 3.8) is 0 Å². The minimum Gasteiger partial charge on any atom is -0.543 e. The molecule has 0 aromatic carbocycles. The summed E-state index contributed by atoms with van der Waals surface area (Å²) in [6.07, 6.45) is 0.903. The third-order valence-electron chi connectivity index (χ3n) is 5.88. The molecule has 0 saturated carbocycles. The molecular formula is C22H19N8NaO8S5. The SMILES string of the molecule is CO/N=C(\C(=O)N[C@@H]1C(=O)N2C(C(=O)[O-])=C(CSc3nnc(SCc4cc(=O)c(O)cn4O)s3)CS[C@@H]12)c1csc(N)n1.[Na+]. The summed E-state index contributed by atoms with van der Waals surface area (Å²) in [4.78, 5) is 59.5. The number of thioether (sulfide) groups is 3. The number of pyridine rings is 1. The van der Waals surface area contributed by atoms with Crippen LogP contribution in [0.4, 0.5) is 5.13 Å². The maximum absolute atomic E-state index is 13.0. The number of oxime groups is 1. The molecule has 226 valence electrons. The summed E-state index contributed by atoms with van der Waals surface area (Å²) in [5.41, 5.74) is 5.45. The molecule has 2 aliphatic heterocycles. The van der Waals surface area contributed by atoms with E-state index in [0.29, 0.717) is 19.0 Å². The summed E-state index contributed by atoms with van der Waals surface area (Å²) in [5, 5.41) is 46.8. The predicted molar refractivity (Wildman–Crippen MR) is 157 cm³/mol. The van der Waals surface area contributed by atoms with Crippen LogP contribution in [0, 0.1) is 0 Å². The van der Waals surface area contributed by atoms with Gasteiger partial charge in [0, 0.05) is 28.7 Å². The van der Waals surface area contributed by atoms with E-state index in [2.05, 4.69) is 25.7 Å². The second kappa shape index (κ2) is 14.5. The van der Waals surface area contributed by atoms with Gasteiger partial charge in [0.2, 0.25) is 5.43 Å². The average Bonchev–Trinajstić information content (AvgIpc) is 3.62. The van der Waals surface area contributed by atoms with E-state index in [1.54, 1.807) is 0 Å². The number of β-lactam (4-membered cyclic amide) rings is 1. The standard InChI is InChI=1S/C22H20N8O8S5.Na/c1-38-28-13(10-7-40-20(23)24-10)16(33)25-14-17(34)30-15(19(35)36)8(4-39-18(14)30)5-41-21-26-27-22(43-21)42-6-9-2-11(31)12(32)3-29(9)37;/h2-3,7,14,18,32,37H,4-6H2,1H3,(H2,23,24)(H,25,33)(H,35,36);/q;+1/p-1/b28-13-;/t14-,18+;/m1./s1. The predicted octanol–water partition coefficient (Wildman–Crippen LogP) is -3.48. The Morgan fingerprint density at radius 3 is 2.61 bits per heavy atom. The van der Waals surface area contributed by atoms with Gasteiger partial charge in [0.25, 0.3) is 11.8 Å². The van der Waals surface area contributed by atoms with Crippen LogP contribution in [-0.2, 0) is 25.0 Å². The van der Waals surface area contributed by atoms with Gasteiger partial charge in [-0.15, -0.1) is 33.3 Å². The van der Waals surface area contributed by atoms with Gasteiger partial charge in [-0.25, -0.2) is 4.98 Å². The maximum atomic E-state index is 13.0. The zero-order chi connectivity index (χ0) is 30.8. The van der Waals surface area contributed by atoms with Crippen molar-refractivity contribution in [1.82, 2.24) is 30.1 Å². The molecule has 2 amide bonds. The summed E-state index contributed by atoms with van der Waals surface area (Å²) in [7, 11) is 1.25. The van der Waals surface area contributed by atoms with E-state index < -0.39 is 40.4 Å². The molecule has 16 nitrogen and oxygen atoms in total. The maximum Gasteiger partial charge on any atom is 1.00 e. The molecule has 44 heavy (non-hydrogen) atoms. The van der Waals surface area contributed by atoms with E-state index in [1.165, 1.54) is 59.1 Å². The summed E-state index contributed by atoms with van der Waals surface area (Å²) in [5.74, 6) is -2.82. The summed E-state index contributed by atoms with van der Waals surface area (Å²) in [6, 6.07) is 0.0999. The first-order chi connectivity index (χ1) is 20.6. The quantitative estimate of drug-likeness (QED) is 0.0378. The number of aromatic hydroxyl groups is 1. The number of carbonyl (C=O) groups is 3. The number of aliphatic carboxylic acids is 1. The average molecular weight is 707 g/mol. The number of carboxylic acid groups (broad SMARTS) is 1. The van der Waals surface area contributed by atoms with Gasteiger partial charge in [0.15, 0.2) is 25.3 Å². The van der Waals surface area contributed by atoms with Crippen LogP contribution in [0.1, 0.15) is 11.4 Å². The van der Waals surface area contributed by atoms with E-state index in [4.69, 9.17) is 10.6 Å². The molecule has 3 aromatic rings. The van der Waals surface area contributed by atoms with Gasteiger partial charge in [-0.1, -0.05) is 40.0 Å². The van der Waals surface area contributed by atoms with E-state index in [-0.39, 0.29) is 74.7 Å². The van der Waals surface area contributed by atoms with Crippen molar-refractivity contribution in [3.8, 4) is 5.75 Å². The summed E-state index contributed by atoms with van der Waals surface area (Å²) >= 11 is 6.04. The van der Waals surface area contributed by atoms with Gasteiger partial charge in [0.1, 0.15) is 24.2 Å². The topological polar surface area (TPSA) is 238 Å². The van der Waals surface area contributed by atoms with Crippen molar-refractivity contribution in [2.75, 3.05) is 24.3 Å². The second-order valence-corrected chi connectivity index (χ2v) is 14.0. The fourth-order valence-electron chi connectivity index (χ4n) is 3.94. The van der Waals surface area contributed by atoms with Crippen molar-refractivity contribution in [1.29, 1.82) is 0 Å². The van der Waals surface area contributed by atoms with Gasteiger partial charge >= 0.3 is 29.6 Å². The first-order valence-electron chi connectivity index (χ1n) is 11.8. The van der Waals surface area contributed by atoms with Crippen LogP contribution < -0.4 is 51.1 Å². The minimum atomic E-state index is -1.52. The second-order valence-electron chi connectivity index (χ2n) is 8.56. The number of anilines is 1. The Bertz CT molecular complexity index is 1730. The number of hydrogen-bond donors (Lipinski definition) is 4. The van der Waals surface area contributed by atoms with Crippen LogP contribution in [0.15, 0.2) is 47.5 Å². The number of nitrogens with one attached hydrogen (secondary N) is 1. The molecule has 5 N–H and O–H groups in total. The molecule has 5 heterocycles. The molecule has 0 aliphatic carbocycles.